The molecule has 0 bridgehead atoms. The highest BCUT2D eigenvalue weighted by Gasteiger charge is 2.48. The van der Waals surface area contributed by atoms with Crippen LogP contribution in [-0.4, -0.2) is 54.2 Å². The lowest BCUT2D eigenvalue weighted by Crippen LogP contribution is -2.46. The smallest absolute Gasteiger partial charge is 0.256 e. The molecule has 0 aromatic heterocycles. The molecule has 1 saturated heterocycles. The van der Waals surface area contributed by atoms with Crippen LogP contribution in [0.4, 0.5) is 5.69 Å². The van der Waals surface area contributed by atoms with Crippen molar-refractivity contribution in [2.45, 2.75) is 17.8 Å². The number of carbonyl (C=O) groups is 3. The summed E-state index contributed by atoms with van der Waals surface area (Å²) in [6.45, 7) is 1.17. The van der Waals surface area contributed by atoms with Crippen LogP contribution in [0.3, 0.4) is 0 Å². The molecule has 2 aromatic carbocycles. The highest BCUT2D eigenvalue weighted by molar-refractivity contribution is 7.99. The molecule has 9 heteroatoms. The van der Waals surface area contributed by atoms with Crippen molar-refractivity contribution in [3.05, 3.63) is 53.6 Å². The lowest BCUT2D eigenvalue weighted by molar-refractivity contribution is -0.124. The number of fused-ring (bicyclic) bond motifs is 4. The molecule has 8 nitrogen and oxygen atoms in total. The summed E-state index contributed by atoms with van der Waals surface area (Å²) in [5.74, 6) is 1.23. The molecule has 3 aliphatic heterocycles. The van der Waals surface area contributed by atoms with Crippen molar-refractivity contribution in [1.82, 2.24) is 10.2 Å². The highest BCUT2D eigenvalue weighted by atomic mass is 32.2. The molecule has 5 rings (SSSR count). The van der Waals surface area contributed by atoms with E-state index in [4.69, 9.17) is 9.47 Å². The zero-order valence-electron chi connectivity index (χ0n) is 16.6. The van der Waals surface area contributed by atoms with Crippen LogP contribution in [0.5, 0.6) is 11.5 Å². The van der Waals surface area contributed by atoms with Crippen molar-refractivity contribution in [2.75, 3.05) is 30.8 Å². The molecule has 2 atom stereocenters. The Balaban J connectivity index is 1.13. The number of nitrogens with one attached hydrogen (secondary N) is 2. The first kappa shape index (κ1) is 19.7. The van der Waals surface area contributed by atoms with Crippen LogP contribution < -0.4 is 20.1 Å². The van der Waals surface area contributed by atoms with E-state index in [1.54, 1.807) is 40.9 Å². The van der Waals surface area contributed by atoms with Gasteiger partial charge >= 0.3 is 0 Å². The normalized spacial score (nSPS) is 20.8. The number of nitrogens with zero attached hydrogens (tertiary/aromatic N) is 1. The molecule has 3 heterocycles. The summed E-state index contributed by atoms with van der Waals surface area (Å²) < 4.78 is 11.0. The van der Waals surface area contributed by atoms with Gasteiger partial charge in [0, 0.05) is 36.0 Å². The quantitative estimate of drug-likeness (QED) is 0.741. The average Bonchev–Trinajstić information content (AvgIpc) is 3.34. The molecule has 0 radical (unpaired) electrons. The average molecular weight is 439 g/mol. The van der Waals surface area contributed by atoms with Crippen LogP contribution in [0.15, 0.2) is 42.5 Å². The topological polar surface area (TPSA) is 97.0 Å². The van der Waals surface area contributed by atoms with Crippen molar-refractivity contribution in [1.29, 1.82) is 0 Å². The second-order valence-corrected chi connectivity index (χ2v) is 8.56. The van der Waals surface area contributed by atoms with Gasteiger partial charge in [0.25, 0.3) is 5.91 Å². The Labute approximate surface area is 183 Å². The fraction of sp³-hybridized carbons (Fsp3) is 0.318. The second kappa shape index (κ2) is 8.14. The van der Waals surface area contributed by atoms with E-state index in [0.717, 1.165) is 5.56 Å². The molecule has 3 aliphatic rings. The van der Waals surface area contributed by atoms with Gasteiger partial charge in [-0.05, 0) is 23.8 Å². The first-order chi connectivity index (χ1) is 15.1. The largest absolute Gasteiger partial charge is 0.486 e. The maximum atomic E-state index is 12.7. The van der Waals surface area contributed by atoms with Gasteiger partial charge in [-0.2, -0.15) is 0 Å². The van der Waals surface area contributed by atoms with Gasteiger partial charge in [-0.15, -0.1) is 11.8 Å². The number of amides is 3. The minimum absolute atomic E-state index is 0.109. The van der Waals surface area contributed by atoms with Gasteiger partial charge in [-0.3, -0.25) is 14.4 Å². The van der Waals surface area contributed by atoms with E-state index in [-0.39, 0.29) is 36.1 Å². The Morgan fingerprint density at radius 1 is 1.10 bits per heavy atom. The molecular formula is C22H21N3O5S. The summed E-state index contributed by atoms with van der Waals surface area (Å²) in [5.41, 5.74) is 2.24. The van der Waals surface area contributed by atoms with E-state index < -0.39 is 6.04 Å². The summed E-state index contributed by atoms with van der Waals surface area (Å²) in [4.78, 5) is 39.4. The summed E-state index contributed by atoms with van der Waals surface area (Å²) in [5, 5.41) is 5.48. The standard InChI is InChI=1S/C22H21N3O5S/c26-19(24-13-5-6-17-18(11-13)30-10-9-29-17)7-8-23-20(27)16-12-31-22-15-4-2-1-3-14(15)21(28)25(16)22/h1-6,11,16,22H,7-10,12H2,(H,23,27)(H,24,26)/t16-,22-/m1/s1. The van der Waals surface area contributed by atoms with E-state index in [2.05, 4.69) is 10.6 Å². The van der Waals surface area contributed by atoms with Gasteiger partial charge in [0.1, 0.15) is 24.6 Å². The molecule has 0 unspecified atom stereocenters. The molecule has 31 heavy (non-hydrogen) atoms. The van der Waals surface area contributed by atoms with Crippen LogP contribution in [0, 0.1) is 0 Å². The third-order valence-electron chi connectivity index (χ3n) is 5.47. The Hall–Kier alpha value is -3.20. The maximum Gasteiger partial charge on any atom is 0.256 e. The number of hydrogen-bond donors (Lipinski definition) is 2. The van der Waals surface area contributed by atoms with Gasteiger partial charge in [-0.25, -0.2) is 0 Å². The molecule has 0 aliphatic carbocycles. The van der Waals surface area contributed by atoms with Gasteiger partial charge < -0.3 is 25.0 Å². The zero-order chi connectivity index (χ0) is 21.4. The highest BCUT2D eigenvalue weighted by Crippen LogP contribution is 2.48. The number of carbonyl (C=O) groups excluding carboxylic acids is 3. The first-order valence-electron chi connectivity index (χ1n) is 10.1. The van der Waals surface area contributed by atoms with E-state index in [9.17, 15) is 14.4 Å². The number of benzene rings is 2. The van der Waals surface area contributed by atoms with Crippen molar-refractivity contribution in [3.63, 3.8) is 0 Å². The van der Waals surface area contributed by atoms with Gasteiger partial charge in [0.05, 0.1) is 0 Å². The molecule has 2 N–H and O–H groups in total. The van der Waals surface area contributed by atoms with Crippen LogP contribution in [0.2, 0.25) is 0 Å². The number of rotatable bonds is 5. The van der Waals surface area contributed by atoms with Crippen molar-refractivity contribution in [2.24, 2.45) is 0 Å². The third kappa shape index (κ3) is 3.69. The van der Waals surface area contributed by atoms with E-state index in [1.807, 2.05) is 18.2 Å². The van der Waals surface area contributed by atoms with Gasteiger partial charge in [0.15, 0.2) is 11.5 Å². The molecule has 0 saturated carbocycles. The minimum atomic E-state index is -0.532. The van der Waals surface area contributed by atoms with Gasteiger partial charge in [-0.1, -0.05) is 18.2 Å². The fourth-order valence-electron chi connectivity index (χ4n) is 4.00. The molecule has 1 fully saturated rings. The minimum Gasteiger partial charge on any atom is -0.486 e. The first-order valence-corrected chi connectivity index (χ1v) is 11.2. The Kier molecular flexibility index (Phi) is 5.19. The Morgan fingerprint density at radius 2 is 1.90 bits per heavy atom. The van der Waals surface area contributed by atoms with E-state index in [0.29, 0.717) is 41.7 Å². The predicted octanol–water partition coefficient (Wildman–Crippen LogP) is 2.17. The summed E-state index contributed by atoms with van der Waals surface area (Å²) in [6, 6.07) is 12.2. The van der Waals surface area contributed by atoms with Crippen LogP contribution in [0.1, 0.15) is 27.7 Å². The van der Waals surface area contributed by atoms with Crippen LogP contribution in [0.25, 0.3) is 0 Å². The summed E-state index contributed by atoms with van der Waals surface area (Å²) in [6.07, 6.45) is 0.123. The van der Waals surface area contributed by atoms with Crippen LogP contribution >= 0.6 is 11.8 Å². The molecular weight excluding hydrogens is 418 g/mol. The lowest BCUT2D eigenvalue weighted by Gasteiger charge is -2.22. The van der Waals surface area contributed by atoms with E-state index >= 15 is 0 Å². The number of thioether (sulfide) groups is 1. The van der Waals surface area contributed by atoms with Crippen molar-refractivity contribution < 1.29 is 23.9 Å². The zero-order valence-corrected chi connectivity index (χ0v) is 17.4. The molecule has 160 valence electrons. The maximum absolute atomic E-state index is 12.7. The molecule has 3 amide bonds. The van der Waals surface area contributed by atoms with Gasteiger partial charge in [0.2, 0.25) is 11.8 Å². The number of hydrogen-bond acceptors (Lipinski definition) is 6. The van der Waals surface area contributed by atoms with Crippen LogP contribution in [-0.2, 0) is 9.59 Å². The number of anilines is 1. The molecule has 2 aromatic rings. The molecule has 0 spiro atoms. The number of ether oxygens (including phenoxy) is 2. The predicted molar refractivity (Wildman–Crippen MR) is 115 cm³/mol. The lowest BCUT2D eigenvalue weighted by atomic mass is 10.1. The Morgan fingerprint density at radius 3 is 2.77 bits per heavy atom. The third-order valence-corrected chi connectivity index (χ3v) is 6.78. The van der Waals surface area contributed by atoms with Crippen molar-refractivity contribution >= 4 is 35.2 Å². The monoisotopic (exact) mass is 439 g/mol. The summed E-state index contributed by atoms with van der Waals surface area (Å²) in [7, 11) is 0. The fourth-order valence-corrected chi connectivity index (χ4v) is 5.47. The Bertz CT molecular complexity index is 1060. The van der Waals surface area contributed by atoms with E-state index in [1.165, 1.54) is 0 Å². The second-order valence-electron chi connectivity index (χ2n) is 7.45. The summed E-state index contributed by atoms with van der Waals surface area (Å²) >= 11 is 1.59. The SMILES string of the molecule is O=C(CCNC(=O)[C@H]1CS[C@@H]2c3ccccc3C(=O)N12)Nc1ccc2c(c1)OCCO2. The van der Waals surface area contributed by atoms with Crippen molar-refractivity contribution in [3.8, 4) is 11.5 Å².